The number of anilines is 1. The van der Waals surface area contributed by atoms with Crippen molar-refractivity contribution in [2.24, 2.45) is 5.92 Å². The first-order chi connectivity index (χ1) is 8.20. The Morgan fingerprint density at radius 2 is 1.88 bits per heavy atom. The lowest BCUT2D eigenvalue weighted by Crippen LogP contribution is -2.34. The molecule has 1 aromatic heterocycles. The van der Waals surface area contributed by atoms with Crippen LogP contribution in [0.1, 0.15) is 38.2 Å². The molecule has 0 N–H and O–H groups in total. The number of rotatable bonds is 2. The summed E-state index contributed by atoms with van der Waals surface area (Å²) in [6, 6.07) is 2.33. The average Bonchev–Trinajstić information content (AvgIpc) is 2.39. The third-order valence-electron chi connectivity index (χ3n) is 3.29. The first kappa shape index (κ1) is 11.8. The fourth-order valence-electron chi connectivity index (χ4n) is 2.00. The molecule has 1 aliphatic rings. The predicted molar refractivity (Wildman–Crippen MR) is 66.7 cm³/mol. The van der Waals surface area contributed by atoms with Crippen LogP contribution in [0.15, 0.2) is 12.4 Å². The van der Waals surface area contributed by atoms with Crippen molar-refractivity contribution in [3.63, 3.8) is 0 Å². The Hall–Kier alpha value is -1.63. The van der Waals surface area contributed by atoms with Gasteiger partial charge in [0.2, 0.25) is 5.95 Å². The Morgan fingerprint density at radius 3 is 2.35 bits per heavy atom. The first-order valence-corrected chi connectivity index (χ1v) is 6.17. The van der Waals surface area contributed by atoms with Gasteiger partial charge in [0.25, 0.3) is 0 Å². The second-order valence-corrected chi connectivity index (χ2v) is 4.86. The lowest BCUT2D eigenvalue weighted by molar-refractivity contribution is 0.482. The van der Waals surface area contributed by atoms with Crippen molar-refractivity contribution in [1.29, 1.82) is 5.26 Å². The van der Waals surface area contributed by atoms with Crippen molar-refractivity contribution >= 4 is 5.95 Å². The average molecular weight is 230 g/mol. The highest BCUT2D eigenvalue weighted by Crippen LogP contribution is 2.20. The Morgan fingerprint density at radius 1 is 1.29 bits per heavy atom. The van der Waals surface area contributed by atoms with E-state index in [4.69, 9.17) is 5.26 Å². The fraction of sp³-hybridized carbons (Fsp3) is 0.615. The van der Waals surface area contributed by atoms with Gasteiger partial charge in [-0.05, 0) is 24.3 Å². The molecule has 2 heterocycles. The highest BCUT2D eigenvalue weighted by Gasteiger charge is 2.20. The molecule has 4 heteroatoms. The molecule has 1 aromatic rings. The molecule has 0 bridgehead atoms. The molecule has 2 rings (SSSR count). The van der Waals surface area contributed by atoms with Crippen LogP contribution >= 0.6 is 0 Å². The van der Waals surface area contributed by atoms with Crippen molar-refractivity contribution in [2.45, 2.75) is 32.6 Å². The van der Waals surface area contributed by atoms with Crippen molar-refractivity contribution in [3.05, 3.63) is 18.0 Å². The number of aromatic nitrogens is 2. The second-order valence-electron chi connectivity index (χ2n) is 4.86. The molecule has 0 saturated carbocycles. The standard InChI is InChI=1S/C13H18N4/c1-10(2)12-8-15-13(16-9-12)17-5-3-11(7-14)4-6-17/h8-11H,3-6H2,1-2H3. The molecule has 0 aliphatic carbocycles. The van der Waals surface area contributed by atoms with Gasteiger partial charge in [-0.2, -0.15) is 5.26 Å². The Labute approximate surface area is 102 Å². The molecular weight excluding hydrogens is 212 g/mol. The normalized spacial score (nSPS) is 17.2. The summed E-state index contributed by atoms with van der Waals surface area (Å²) >= 11 is 0. The molecular formula is C13H18N4. The van der Waals surface area contributed by atoms with Gasteiger partial charge in [-0.15, -0.1) is 0 Å². The van der Waals surface area contributed by atoms with E-state index in [2.05, 4.69) is 34.8 Å². The minimum absolute atomic E-state index is 0.209. The maximum Gasteiger partial charge on any atom is 0.225 e. The largest absolute Gasteiger partial charge is 0.341 e. The number of nitrogens with zero attached hydrogens (tertiary/aromatic N) is 4. The van der Waals surface area contributed by atoms with Crippen molar-refractivity contribution in [1.82, 2.24) is 9.97 Å². The van der Waals surface area contributed by atoms with Crippen LogP contribution in [0.2, 0.25) is 0 Å². The van der Waals surface area contributed by atoms with Crippen LogP contribution in [0.4, 0.5) is 5.95 Å². The summed E-state index contributed by atoms with van der Waals surface area (Å²) in [6.45, 7) is 6.05. The summed E-state index contributed by atoms with van der Waals surface area (Å²) in [5, 5.41) is 8.85. The van der Waals surface area contributed by atoms with Crippen LogP contribution in [0, 0.1) is 17.2 Å². The fourth-order valence-corrected chi connectivity index (χ4v) is 2.00. The number of hydrogen-bond donors (Lipinski definition) is 0. The summed E-state index contributed by atoms with van der Waals surface area (Å²) in [7, 11) is 0. The molecule has 0 atom stereocenters. The Bertz CT molecular complexity index is 396. The molecule has 17 heavy (non-hydrogen) atoms. The van der Waals surface area contributed by atoms with Gasteiger partial charge in [0.15, 0.2) is 0 Å². The van der Waals surface area contributed by atoms with E-state index in [1.54, 1.807) is 0 Å². The molecule has 0 aromatic carbocycles. The third-order valence-corrected chi connectivity index (χ3v) is 3.29. The highest BCUT2D eigenvalue weighted by molar-refractivity contribution is 5.31. The zero-order chi connectivity index (χ0) is 12.3. The van der Waals surface area contributed by atoms with Gasteiger partial charge in [0, 0.05) is 31.4 Å². The van der Waals surface area contributed by atoms with Crippen LogP contribution in [0.25, 0.3) is 0 Å². The Balaban J connectivity index is 2.02. The summed E-state index contributed by atoms with van der Waals surface area (Å²) < 4.78 is 0. The molecule has 4 nitrogen and oxygen atoms in total. The summed E-state index contributed by atoms with van der Waals surface area (Å²) in [5.74, 6) is 1.47. The molecule has 0 radical (unpaired) electrons. The van der Waals surface area contributed by atoms with E-state index in [0.717, 1.165) is 31.9 Å². The van der Waals surface area contributed by atoms with E-state index in [1.165, 1.54) is 5.56 Å². The van der Waals surface area contributed by atoms with E-state index in [-0.39, 0.29) is 5.92 Å². The van der Waals surface area contributed by atoms with E-state index < -0.39 is 0 Å². The van der Waals surface area contributed by atoms with Crippen LogP contribution in [0.3, 0.4) is 0 Å². The number of piperidine rings is 1. The predicted octanol–water partition coefficient (Wildman–Crippen LogP) is 2.34. The molecule has 0 spiro atoms. The van der Waals surface area contributed by atoms with E-state index in [1.807, 2.05) is 12.4 Å². The summed E-state index contributed by atoms with van der Waals surface area (Å²) in [6.07, 6.45) is 5.66. The summed E-state index contributed by atoms with van der Waals surface area (Å²) in [4.78, 5) is 11.0. The molecule has 0 unspecified atom stereocenters. The SMILES string of the molecule is CC(C)c1cnc(N2CCC(C#N)CC2)nc1. The maximum absolute atomic E-state index is 8.85. The van der Waals surface area contributed by atoms with Crippen LogP contribution in [0.5, 0.6) is 0 Å². The Kier molecular flexibility index (Phi) is 3.58. The van der Waals surface area contributed by atoms with Crippen LogP contribution in [-0.4, -0.2) is 23.1 Å². The topological polar surface area (TPSA) is 52.8 Å². The second kappa shape index (κ2) is 5.13. The van der Waals surface area contributed by atoms with Crippen LogP contribution in [-0.2, 0) is 0 Å². The molecule has 1 aliphatic heterocycles. The number of hydrogen-bond acceptors (Lipinski definition) is 4. The van der Waals surface area contributed by atoms with E-state index >= 15 is 0 Å². The van der Waals surface area contributed by atoms with E-state index in [0.29, 0.717) is 5.92 Å². The van der Waals surface area contributed by atoms with Gasteiger partial charge in [-0.3, -0.25) is 0 Å². The molecule has 1 saturated heterocycles. The monoisotopic (exact) mass is 230 g/mol. The molecule has 90 valence electrons. The van der Waals surface area contributed by atoms with E-state index in [9.17, 15) is 0 Å². The van der Waals surface area contributed by atoms with Gasteiger partial charge in [0.1, 0.15) is 0 Å². The quantitative estimate of drug-likeness (QED) is 0.782. The maximum atomic E-state index is 8.85. The lowest BCUT2D eigenvalue weighted by atomic mass is 9.99. The smallest absolute Gasteiger partial charge is 0.225 e. The minimum atomic E-state index is 0.209. The zero-order valence-corrected chi connectivity index (χ0v) is 10.4. The zero-order valence-electron chi connectivity index (χ0n) is 10.4. The molecule has 1 fully saturated rings. The first-order valence-electron chi connectivity index (χ1n) is 6.17. The van der Waals surface area contributed by atoms with Gasteiger partial charge >= 0.3 is 0 Å². The highest BCUT2D eigenvalue weighted by atomic mass is 15.2. The number of nitriles is 1. The lowest BCUT2D eigenvalue weighted by Gasteiger charge is -2.29. The van der Waals surface area contributed by atoms with Crippen molar-refractivity contribution < 1.29 is 0 Å². The van der Waals surface area contributed by atoms with Crippen molar-refractivity contribution in [2.75, 3.05) is 18.0 Å². The van der Waals surface area contributed by atoms with Crippen LogP contribution < -0.4 is 4.90 Å². The summed E-state index contributed by atoms with van der Waals surface area (Å²) in [5.41, 5.74) is 1.17. The van der Waals surface area contributed by atoms with Gasteiger partial charge in [0.05, 0.1) is 6.07 Å². The van der Waals surface area contributed by atoms with Gasteiger partial charge in [-0.25, -0.2) is 9.97 Å². The van der Waals surface area contributed by atoms with Crippen molar-refractivity contribution in [3.8, 4) is 6.07 Å². The minimum Gasteiger partial charge on any atom is -0.341 e. The van der Waals surface area contributed by atoms with Gasteiger partial charge < -0.3 is 4.90 Å². The third kappa shape index (κ3) is 2.73. The van der Waals surface area contributed by atoms with Gasteiger partial charge in [-0.1, -0.05) is 13.8 Å². The molecule has 0 amide bonds.